The third kappa shape index (κ3) is 3.71. The van der Waals surface area contributed by atoms with Crippen molar-refractivity contribution in [2.75, 3.05) is 11.4 Å². The number of hydrogen-bond donors (Lipinski definition) is 1. The topological polar surface area (TPSA) is 45.2 Å². The number of nitrogens with one attached hydrogen (secondary N) is 1. The van der Waals surface area contributed by atoms with Crippen molar-refractivity contribution in [1.29, 1.82) is 0 Å². The van der Waals surface area contributed by atoms with E-state index in [1.54, 1.807) is 11.3 Å². The zero-order valence-electron chi connectivity index (χ0n) is 14.4. The fourth-order valence-electron chi connectivity index (χ4n) is 4.22. The molecule has 132 valence electrons. The number of carbonyl (C=O) groups is 1. The smallest absolute Gasteiger partial charge is 0.243 e. The van der Waals surface area contributed by atoms with Gasteiger partial charge in [0, 0.05) is 24.2 Å². The molecule has 0 bridgehead atoms. The van der Waals surface area contributed by atoms with E-state index >= 15 is 0 Å². The van der Waals surface area contributed by atoms with Gasteiger partial charge in [-0.1, -0.05) is 30.3 Å². The summed E-state index contributed by atoms with van der Waals surface area (Å²) in [5.74, 6) is 0.837. The Morgan fingerprint density at radius 2 is 1.92 bits per heavy atom. The number of nitrogens with zero attached hydrogens (tertiary/aromatic N) is 2. The molecular weight excluding hydrogens is 330 g/mol. The Labute approximate surface area is 153 Å². The molecule has 0 radical (unpaired) electrons. The number of carbonyl (C=O) groups excluding carboxylic acids is 1. The summed E-state index contributed by atoms with van der Waals surface area (Å²) < 4.78 is 0. The number of amides is 1. The largest absolute Gasteiger partial charge is 0.352 e. The minimum Gasteiger partial charge on any atom is -0.352 e. The van der Waals surface area contributed by atoms with Gasteiger partial charge >= 0.3 is 0 Å². The molecule has 1 atom stereocenters. The van der Waals surface area contributed by atoms with Gasteiger partial charge in [0.05, 0.1) is 0 Å². The maximum absolute atomic E-state index is 12.8. The molecule has 1 N–H and O–H groups in total. The van der Waals surface area contributed by atoms with Crippen LogP contribution in [-0.2, 0) is 4.79 Å². The molecule has 2 fully saturated rings. The normalized spacial score (nSPS) is 26.6. The van der Waals surface area contributed by atoms with E-state index in [9.17, 15) is 4.79 Å². The van der Waals surface area contributed by atoms with Gasteiger partial charge in [0.15, 0.2) is 5.13 Å². The summed E-state index contributed by atoms with van der Waals surface area (Å²) in [6.07, 6.45) is 8.30. The summed E-state index contributed by atoms with van der Waals surface area (Å²) in [6.45, 7) is 0.937. The van der Waals surface area contributed by atoms with Crippen molar-refractivity contribution in [3.8, 4) is 0 Å². The Morgan fingerprint density at radius 3 is 2.64 bits per heavy atom. The number of rotatable bonds is 4. The summed E-state index contributed by atoms with van der Waals surface area (Å²) in [5.41, 5.74) is 1.44. The Bertz CT molecular complexity index is 680. The second-order valence-corrected chi connectivity index (χ2v) is 8.01. The van der Waals surface area contributed by atoms with E-state index in [2.05, 4.69) is 45.5 Å². The van der Waals surface area contributed by atoms with Gasteiger partial charge in [0.25, 0.3) is 0 Å². The maximum atomic E-state index is 12.8. The van der Waals surface area contributed by atoms with E-state index < -0.39 is 0 Å². The van der Waals surface area contributed by atoms with Crippen molar-refractivity contribution in [2.24, 2.45) is 0 Å². The highest BCUT2D eigenvalue weighted by Gasteiger charge is 2.34. The molecule has 1 amide bonds. The van der Waals surface area contributed by atoms with Gasteiger partial charge in [-0.25, -0.2) is 4.98 Å². The molecule has 0 unspecified atom stereocenters. The zero-order valence-corrected chi connectivity index (χ0v) is 15.3. The minimum atomic E-state index is -0.0435. The van der Waals surface area contributed by atoms with Crippen LogP contribution in [0.1, 0.15) is 50.0 Å². The average molecular weight is 356 g/mol. The lowest BCUT2D eigenvalue weighted by Gasteiger charge is -2.31. The first-order valence-corrected chi connectivity index (χ1v) is 10.2. The highest BCUT2D eigenvalue weighted by Crippen LogP contribution is 2.33. The molecule has 25 heavy (non-hydrogen) atoms. The van der Waals surface area contributed by atoms with Crippen LogP contribution in [0.25, 0.3) is 0 Å². The van der Waals surface area contributed by atoms with Crippen molar-refractivity contribution in [3.63, 3.8) is 0 Å². The number of aromatic nitrogens is 1. The first-order chi connectivity index (χ1) is 12.3. The molecule has 0 spiro atoms. The molecule has 1 aliphatic heterocycles. The molecule has 4 nitrogen and oxygen atoms in total. The van der Waals surface area contributed by atoms with Crippen molar-refractivity contribution in [3.05, 3.63) is 47.5 Å². The van der Waals surface area contributed by atoms with Gasteiger partial charge in [0.1, 0.15) is 6.04 Å². The van der Waals surface area contributed by atoms with E-state index in [4.69, 9.17) is 0 Å². The van der Waals surface area contributed by atoms with E-state index in [1.807, 2.05) is 11.6 Å². The number of hydrogen-bond acceptors (Lipinski definition) is 4. The summed E-state index contributed by atoms with van der Waals surface area (Å²) >= 11 is 1.62. The lowest BCUT2D eigenvalue weighted by molar-refractivity contribution is -0.123. The fourth-order valence-corrected chi connectivity index (χ4v) is 4.94. The minimum absolute atomic E-state index is 0.0435. The quantitative estimate of drug-likeness (QED) is 0.903. The van der Waals surface area contributed by atoms with Crippen LogP contribution in [0.2, 0.25) is 0 Å². The first-order valence-electron chi connectivity index (χ1n) is 9.33. The van der Waals surface area contributed by atoms with E-state index in [1.165, 1.54) is 5.56 Å². The second-order valence-electron chi connectivity index (χ2n) is 7.13. The SMILES string of the molecule is O=C(NC1CCC(c2ccccc2)CC1)[C@@H]1CCCN1c1nccs1. The average Bonchev–Trinajstić information content (AvgIpc) is 3.34. The van der Waals surface area contributed by atoms with Crippen molar-refractivity contribution in [2.45, 2.75) is 56.5 Å². The Morgan fingerprint density at radius 1 is 1.12 bits per heavy atom. The third-order valence-electron chi connectivity index (χ3n) is 5.56. The standard InChI is InChI=1S/C20H25N3OS/c24-19(18-7-4-13-23(18)20-21-12-14-25-20)22-17-10-8-16(9-11-17)15-5-2-1-3-6-15/h1-3,5-6,12,14,16-18H,4,7-11,13H2,(H,22,24)/t16?,17?,18-/m0/s1. The number of thiazole rings is 1. The van der Waals surface area contributed by atoms with Crippen molar-refractivity contribution < 1.29 is 4.79 Å². The molecule has 1 aromatic carbocycles. The third-order valence-corrected chi connectivity index (χ3v) is 6.37. The van der Waals surface area contributed by atoms with E-state index in [0.717, 1.165) is 50.2 Å². The fraction of sp³-hybridized carbons (Fsp3) is 0.500. The summed E-state index contributed by atoms with van der Waals surface area (Å²) in [4.78, 5) is 19.4. The molecule has 2 heterocycles. The van der Waals surface area contributed by atoms with Crippen LogP contribution in [-0.4, -0.2) is 29.5 Å². The molecular formula is C20H25N3OS. The first kappa shape index (κ1) is 16.6. The van der Waals surface area contributed by atoms with E-state index in [-0.39, 0.29) is 11.9 Å². The number of anilines is 1. The number of benzene rings is 1. The summed E-state index contributed by atoms with van der Waals surface area (Å²) in [7, 11) is 0. The highest BCUT2D eigenvalue weighted by atomic mass is 32.1. The van der Waals surface area contributed by atoms with Gasteiger partial charge in [-0.15, -0.1) is 11.3 Å². The second kappa shape index (κ2) is 7.56. The van der Waals surface area contributed by atoms with Crippen LogP contribution in [0.15, 0.2) is 41.9 Å². The maximum Gasteiger partial charge on any atom is 0.243 e. The summed E-state index contributed by atoms with van der Waals surface area (Å²) in [6, 6.07) is 11.1. The molecule has 2 aromatic rings. The van der Waals surface area contributed by atoms with Crippen LogP contribution in [0, 0.1) is 0 Å². The Kier molecular flexibility index (Phi) is 5.02. The molecule has 1 aromatic heterocycles. The molecule has 5 heteroatoms. The Hall–Kier alpha value is -1.88. The van der Waals surface area contributed by atoms with Crippen LogP contribution in [0.4, 0.5) is 5.13 Å². The van der Waals surface area contributed by atoms with Gasteiger partial charge in [0.2, 0.25) is 5.91 Å². The Balaban J connectivity index is 1.32. The van der Waals surface area contributed by atoms with Crippen molar-refractivity contribution in [1.82, 2.24) is 10.3 Å². The van der Waals surface area contributed by atoms with Crippen LogP contribution >= 0.6 is 11.3 Å². The molecule has 4 rings (SSSR count). The van der Waals surface area contributed by atoms with Gasteiger partial charge in [-0.05, 0) is 50.0 Å². The molecule has 1 aliphatic carbocycles. The lowest BCUT2D eigenvalue weighted by Crippen LogP contribution is -2.47. The molecule has 1 saturated carbocycles. The summed E-state index contributed by atoms with van der Waals surface area (Å²) in [5, 5.41) is 6.28. The predicted octanol–water partition coefficient (Wildman–Crippen LogP) is 3.95. The van der Waals surface area contributed by atoms with Crippen molar-refractivity contribution >= 4 is 22.4 Å². The molecule has 2 aliphatic rings. The highest BCUT2D eigenvalue weighted by molar-refractivity contribution is 7.13. The van der Waals surface area contributed by atoms with Gasteiger partial charge < -0.3 is 10.2 Å². The predicted molar refractivity (Wildman–Crippen MR) is 102 cm³/mol. The van der Waals surface area contributed by atoms with Gasteiger partial charge in [-0.3, -0.25) is 4.79 Å². The van der Waals surface area contributed by atoms with Crippen LogP contribution < -0.4 is 10.2 Å². The molecule has 1 saturated heterocycles. The lowest BCUT2D eigenvalue weighted by atomic mass is 9.81. The monoisotopic (exact) mass is 355 g/mol. The van der Waals surface area contributed by atoms with Gasteiger partial charge in [-0.2, -0.15) is 0 Å². The van der Waals surface area contributed by atoms with Crippen LogP contribution in [0.3, 0.4) is 0 Å². The van der Waals surface area contributed by atoms with Crippen LogP contribution in [0.5, 0.6) is 0 Å². The zero-order chi connectivity index (χ0) is 17.1. The van der Waals surface area contributed by atoms with E-state index in [0.29, 0.717) is 12.0 Å².